The number of hydrogen-bond donors (Lipinski definition) is 0. The molecule has 0 fully saturated rings. The minimum absolute atomic E-state index is 0.139. The van der Waals surface area contributed by atoms with Gasteiger partial charge in [-0.05, 0) is 26.3 Å². The molecule has 1 atom stereocenters. The molecule has 0 saturated carbocycles. The fraction of sp³-hybridized carbons (Fsp3) is 0.500. The van der Waals surface area contributed by atoms with Crippen molar-refractivity contribution < 1.29 is 9.53 Å². The molecule has 1 aliphatic rings. The zero-order valence-corrected chi connectivity index (χ0v) is 13.7. The zero-order chi connectivity index (χ0) is 16.4. The van der Waals surface area contributed by atoms with Crippen LogP contribution in [0, 0.1) is 6.92 Å². The molecule has 0 bridgehead atoms. The molecule has 0 spiro atoms. The summed E-state index contributed by atoms with van der Waals surface area (Å²) in [6.45, 7) is 5.76. The topological polar surface area (TPSA) is 73.1 Å². The van der Waals surface area contributed by atoms with E-state index in [2.05, 4.69) is 15.1 Å². The summed E-state index contributed by atoms with van der Waals surface area (Å²) >= 11 is 0. The first kappa shape index (κ1) is 15.6. The predicted molar refractivity (Wildman–Crippen MR) is 84.6 cm³/mol. The molecule has 7 nitrogen and oxygen atoms in total. The summed E-state index contributed by atoms with van der Waals surface area (Å²) in [5.74, 6) is 0.700. The number of ether oxygens (including phenoxy) is 1. The van der Waals surface area contributed by atoms with Gasteiger partial charge in [-0.25, -0.2) is 9.97 Å². The normalized spacial score (nSPS) is 17.2. The number of carbonyl (C=O) groups is 1. The summed E-state index contributed by atoms with van der Waals surface area (Å²) in [5.41, 5.74) is 3.73. The number of fused-ring (bicyclic) bond motifs is 1. The number of rotatable bonds is 5. The Kier molecular flexibility index (Phi) is 4.38. The summed E-state index contributed by atoms with van der Waals surface area (Å²) in [5, 5.41) is 4.59. The molecule has 7 heteroatoms. The highest BCUT2D eigenvalue weighted by atomic mass is 16.5. The van der Waals surface area contributed by atoms with Crippen molar-refractivity contribution in [2.75, 3.05) is 13.7 Å². The van der Waals surface area contributed by atoms with E-state index in [0.717, 1.165) is 35.5 Å². The molecule has 1 amide bonds. The van der Waals surface area contributed by atoms with Crippen molar-refractivity contribution in [3.63, 3.8) is 0 Å². The number of carbonyl (C=O) groups excluding carboxylic acids is 1. The van der Waals surface area contributed by atoms with Crippen LogP contribution in [0.25, 0.3) is 11.4 Å². The van der Waals surface area contributed by atoms with Gasteiger partial charge in [0.2, 0.25) is 6.41 Å². The van der Waals surface area contributed by atoms with Gasteiger partial charge in [0.15, 0.2) is 0 Å². The highest BCUT2D eigenvalue weighted by molar-refractivity contribution is 5.61. The summed E-state index contributed by atoms with van der Waals surface area (Å²) in [4.78, 5) is 22.1. The van der Waals surface area contributed by atoms with Crippen molar-refractivity contribution in [2.45, 2.75) is 39.4 Å². The fourth-order valence-corrected chi connectivity index (χ4v) is 2.89. The smallest absolute Gasteiger partial charge is 0.210 e. The van der Waals surface area contributed by atoms with Crippen LogP contribution in [0.5, 0.6) is 0 Å². The Bertz CT molecular complexity index is 712. The molecule has 0 N–H and O–H groups in total. The molecule has 1 aliphatic heterocycles. The second-order valence-corrected chi connectivity index (χ2v) is 5.83. The molecule has 23 heavy (non-hydrogen) atoms. The maximum atomic E-state index is 11.2. The van der Waals surface area contributed by atoms with Crippen molar-refractivity contribution in [1.82, 2.24) is 24.6 Å². The van der Waals surface area contributed by atoms with Gasteiger partial charge in [0.25, 0.3) is 0 Å². The van der Waals surface area contributed by atoms with Crippen LogP contribution in [-0.4, -0.2) is 50.8 Å². The Balaban J connectivity index is 1.98. The standard InChI is InChI=1S/C16H21N5O2/c1-11-8-13-15(9-20(11)10-22)17-12(2)18-16(13)14-4-5-21(19-14)6-7-23-3/h4-5,10-11H,6-9H2,1-3H3. The quantitative estimate of drug-likeness (QED) is 0.775. The van der Waals surface area contributed by atoms with Gasteiger partial charge in [-0.2, -0.15) is 5.10 Å². The first-order valence-electron chi connectivity index (χ1n) is 7.72. The molecule has 0 saturated heterocycles. The van der Waals surface area contributed by atoms with E-state index in [1.807, 2.05) is 30.8 Å². The molecule has 3 heterocycles. The second-order valence-electron chi connectivity index (χ2n) is 5.83. The number of aryl methyl sites for hydroxylation is 1. The van der Waals surface area contributed by atoms with Crippen LogP contribution in [0.4, 0.5) is 0 Å². The average molecular weight is 315 g/mol. The highest BCUT2D eigenvalue weighted by Crippen LogP contribution is 2.28. The zero-order valence-electron chi connectivity index (χ0n) is 13.7. The molecule has 1 unspecified atom stereocenters. The van der Waals surface area contributed by atoms with Gasteiger partial charge in [0, 0.05) is 24.9 Å². The van der Waals surface area contributed by atoms with E-state index in [1.165, 1.54) is 0 Å². The third kappa shape index (κ3) is 3.10. The molecular weight excluding hydrogens is 294 g/mol. The third-order valence-electron chi connectivity index (χ3n) is 4.15. The Labute approximate surface area is 135 Å². The van der Waals surface area contributed by atoms with Crippen LogP contribution in [-0.2, 0) is 29.0 Å². The molecule has 2 aromatic rings. The van der Waals surface area contributed by atoms with Crippen molar-refractivity contribution in [2.24, 2.45) is 0 Å². The lowest BCUT2D eigenvalue weighted by Crippen LogP contribution is -2.38. The summed E-state index contributed by atoms with van der Waals surface area (Å²) < 4.78 is 6.94. The Hall–Kier alpha value is -2.28. The minimum atomic E-state index is 0.139. The van der Waals surface area contributed by atoms with E-state index < -0.39 is 0 Å². The molecule has 2 aromatic heterocycles. The Morgan fingerprint density at radius 2 is 2.26 bits per heavy atom. The second kappa shape index (κ2) is 6.45. The van der Waals surface area contributed by atoms with E-state index in [0.29, 0.717) is 25.5 Å². The van der Waals surface area contributed by atoms with Gasteiger partial charge in [-0.3, -0.25) is 9.48 Å². The van der Waals surface area contributed by atoms with Gasteiger partial charge in [0.05, 0.1) is 31.1 Å². The van der Waals surface area contributed by atoms with Gasteiger partial charge in [-0.15, -0.1) is 0 Å². The Morgan fingerprint density at radius 1 is 1.43 bits per heavy atom. The van der Waals surface area contributed by atoms with Crippen LogP contribution >= 0.6 is 0 Å². The molecule has 0 radical (unpaired) electrons. The monoisotopic (exact) mass is 315 g/mol. The van der Waals surface area contributed by atoms with E-state index in [9.17, 15) is 4.79 Å². The largest absolute Gasteiger partial charge is 0.383 e. The van der Waals surface area contributed by atoms with Gasteiger partial charge in [0.1, 0.15) is 11.5 Å². The number of nitrogens with zero attached hydrogens (tertiary/aromatic N) is 5. The van der Waals surface area contributed by atoms with Gasteiger partial charge < -0.3 is 9.64 Å². The SMILES string of the molecule is COCCn1ccc(-c2nc(C)nc3c2CC(C)N(C=O)C3)n1. The first-order chi connectivity index (χ1) is 11.1. The van der Waals surface area contributed by atoms with Gasteiger partial charge >= 0.3 is 0 Å². The minimum Gasteiger partial charge on any atom is -0.383 e. The molecule has 3 rings (SSSR count). The van der Waals surface area contributed by atoms with E-state index >= 15 is 0 Å². The fourth-order valence-electron chi connectivity index (χ4n) is 2.89. The van der Waals surface area contributed by atoms with E-state index in [-0.39, 0.29) is 6.04 Å². The van der Waals surface area contributed by atoms with Crippen LogP contribution < -0.4 is 0 Å². The van der Waals surface area contributed by atoms with Gasteiger partial charge in [-0.1, -0.05) is 0 Å². The molecule has 122 valence electrons. The molecule has 0 aromatic carbocycles. The molecular formula is C16H21N5O2. The summed E-state index contributed by atoms with van der Waals surface area (Å²) in [7, 11) is 1.68. The molecule has 0 aliphatic carbocycles. The predicted octanol–water partition coefficient (Wildman–Crippen LogP) is 1.20. The number of aromatic nitrogens is 4. The van der Waals surface area contributed by atoms with Crippen molar-refractivity contribution in [3.05, 3.63) is 29.3 Å². The third-order valence-corrected chi connectivity index (χ3v) is 4.15. The summed E-state index contributed by atoms with van der Waals surface area (Å²) in [6.07, 6.45) is 3.57. The average Bonchev–Trinajstić information content (AvgIpc) is 3.00. The van der Waals surface area contributed by atoms with E-state index in [1.54, 1.807) is 12.0 Å². The maximum absolute atomic E-state index is 11.2. The lowest BCUT2D eigenvalue weighted by molar-refractivity contribution is -0.120. The number of amides is 1. The van der Waals surface area contributed by atoms with Crippen molar-refractivity contribution in [1.29, 1.82) is 0 Å². The lowest BCUT2D eigenvalue weighted by atomic mass is 9.96. The van der Waals surface area contributed by atoms with Crippen LogP contribution in [0.2, 0.25) is 0 Å². The van der Waals surface area contributed by atoms with Crippen LogP contribution in [0.1, 0.15) is 24.0 Å². The first-order valence-corrected chi connectivity index (χ1v) is 7.72. The lowest BCUT2D eigenvalue weighted by Gasteiger charge is -2.31. The van der Waals surface area contributed by atoms with Crippen molar-refractivity contribution >= 4 is 6.41 Å². The summed E-state index contributed by atoms with van der Waals surface area (Å²) in [6, 6.07) is 2.11. The van der Waals surface area contributed by atoms with Crippen LogP contribution in [0.3, 0.4) is 0 Å². The van der Waals surface area contributed by atoms with E-state index in [4.69, 9.17) is 4.74 Å². The van der Waals surface area contributed by atoms with Crippen LogP contribution in [0.15, 0.2) is 12.3 Å². The number of methoxy groups -OCH3 is 1. The Morgan fingerprint density at radius 3 is 3.00 bits per heavy atom. The number of hydrogen-bond acceptors (Lipinski definition) is 5. The van der Waals surface area contributed by atoms with Crippen molar-refractivity contribution in [3.8, 4) is 11.4 Å². The highest BCUT2D eigenvalue weighted by Gasteiger charge is 2.27. The maximum Gasteiger partial charge on any atom is 0.210 e.